The molecule has 1 N–H and O–H groups in total. The molecule has 1 fully saturated rings. The molecule has 1 amide bonds. The molecule has 0 heterocycles. The first-order valence-corrected chi connectivity index (χ1v) is 14.7. The van der Waals surface area contributed by atoms with Crippen LogP contribution >= 0.6 is 0 Å². The van der Waals surface area contributed by atoms with Gasteiger partial charge in [-0.05, 0) is 64.0 Å². The Labute approximate surface area is 206 Å². The van der Waals surface area contributed by atoms with Crippen LogP contribution in [0, 0.1) is 5.92 Å². The molecule has 1 atom stereocenters. The highest BCUT2D eigenvalue weighted by Gasteiger charge is 2.27. The summed E-state index contributed by atoms with van der Waals surface area (Å²) in [5.74, 6) is 0.914. The van der Waals surface area contributed by atoms with Crippen molar-refractivity contribution >= 4 is 12.2 Å². The van der Waals surface area contributed by atoms with Crippen molar-refractivity contribution in [2.45, 2.75) is 148 Å². The number of hydrogen-bond acceptors (Lipinski definition) is 3. The Hall–Kier alpha value is -0.900. The number of nitrogens with one attached hydrogen (secondary N) is 1. The van der Waals surface area contributed by atoms with E-state index in [1.807, 2.05) is 0 Å². The SMILES string of the molecule is CCCCCCCCC(CCCCCC)CNC(=O)CCCCCN(CCCC=O)C1CC1. The molecule has 1 aliphatic carbocycles. The van der Waals surface area contributed by atoms with Crippen molar-refractivity contribution in [1.29, 1.82) is 0 Å². The number of nitrogens with zero attached hydrogens (tertiary/aromatic N) is 1. The van der Waals surface area contributed by atoms with Crippen LogP contribution < -0.4 is 5.32 Å². The number of rotatable bonds is 25. The van der Waals surface area contributed by atoms with Crippen LogP contribution in [0.15, 0.2) is 0 Å². The first-order chi connectivity index (χ1) is 16.2. The second kappa shape index (κ2) is 21.6. The molecule has 1 saturated carbocycles. The van der Waals surface area contributed by atoms with Crippen molar-refractivity contribution in [2.75, 3.05) is 19.6 Å². The highest BCUT2D eigenvalue weighted by atomic mass is 16.1. The van der Waals surface area contributed by atoms with Crippen molar-refractivity contribution in [3.05, 3.63) is 0 Å². The van der Waals surface area contributed by atoms with E-state index < -0.39 is 0 Å². The number of unbranched alkanes of at least 4 members (excludes halogenated alkanes) is 11. The summed E-state index contributed by atoms with van der Waals surface area (Å²) in [4.78, 5) is 25.5. The monoisotopic (exact) mass is 464 g/mol. The summed E-state index contributed by atoms with van der Waals surface area (Å²) in [7, 11) is 0. The first kappa shape index (κ1) is 30.1. The van der Waals surface area contributed by atoms with E-state index in [1.165, 1.54) is 96.3 Å². The van der Waals surface area contributed by atoms with Gasteiger partial charge in [0, 0.05) is 25.4 Å². The zero-order valence-corrected chi connectivity index (χ0v) is 22.3. The van der Waals surface area contributed by atoms with Gasteiger partial charge in [0.05, 0.1) is 0 Å². The number of amides is 1. The lowest BCUT2D eigenvalue weighted by atomic mass is 9.94. The van der Waals surface area contributed by atoms with Gasteiger partial charge in [-0.1, -0.05) is 84.5 Å². The summed E-state index contributed by atoms with van der Waals surface area (Å²) >= 11 is 0. The van der Waals surface area contributed by atoms with Crippen LogP contribution in [-0.4, -0.2) is 42.8 Å². The van der Waals surface area contributed by atoms with Crippen LogP contribution in [-0.2, 0) is 9.59 Å². The van der Waals surface area contributed by atoms with Crippen LogP contribution in [0.3, 0.4) is 0 Å². The Kier molecular flexibility index (Phi) is 19.7. The highest BCUT2D eigenvalue weighted by molar-refractivity contribution is 5.75. The maximum Gasteiger partial charge on any atom is 0.220 e. The summed E-state index contributed by atoms with van der Waals surface area (Å²) in [5.41, 5.74) is 0. The zero-order chi connectivity index (χ0) is 24.0. The van der Waals surface area contributed by atoms with Crippen molar-refractivity contribution in [2.24, 2.45) is 5.92 Å². The molecular weight excluding hydrogens is 408 g/mol. The number of aldehydes is 1. The Balaban J connectivity index is 2.15. The third-order valence-corrected chi connectivity index (χ3v) is 7.20. The van der Waals surface area contributed by atoms with Gasteiger partial charge in [-0.3, -0.25) is 4.79 Å². The van der Waals surface area contributed by atoms with Crippen LogP contribution in [0.4, 0.5) is 0 Å². The van der Waals surface area contributed by atoms with Gasteiger partial charge in [0.25, 0.3) is 0 Å². The summed E-state index contributed by atoms with van der Waals surface area (Å²) in [6.07, 6.45) is 25.3. The molecule has 0 aromatic carbocycles. The molecule has 0 aromatic rings. The third-order valence-electron chi connectivity index (χ3n) is 7.20. The molecule has 0 bridgehead atoms. The topological polar surface area (TPSA) is 49.4 Å². The fraction of sp³-hybridized carbons (Fsp3) is 0.931. The predicted octanol–water partition coefficient (Wildman–Crippen LogP) is 7.44. The quantitative estimate of drug-likeness (QED) is 0.113. The predicted molar refractivity (Wildman–Crippen MR) is 142 cm³/mol. The van der Waals surface area contributed by atoms with E-state index in [0.717, 1.165) is 51.2 Å². The van der Waals surface area contributed by atoms with Gasteiger partial charge in [-0.25, -0.2) is 0 Å². The largest absolute Gasteiger partial charge is 0.356 e. The van der Waals surface area contributed by atoms with E-state index in [0.29, 0.717) is 18.8 Å². The van der Waals surface area contributed by atoms with Gasteiger partial charge in [0.1, 0.15) is 6.29 Å². The van der Waals surface area contributed by atoms with E-state index in [4.69, 9.17) is 0 Å². The average molecular weight is 465 g/mol. The van der Waals surface area contributed by atoms with Gasteiger partial charge in [0.15, 0.2) is 0 Å². The summed E-state index contributed by atoms with van der Waals surface area (Å²) in [6.45, 7) is 7.61. The number of carbonyl (C=O) groups is 2. The summed E-state index contributed by atoms with van der Waals surface area (Å²) in [6, 6.07) is 0.765. The third kappa shape index (κ3) is 18.1. The van der Waals surface area contributed by atoms with Gasteiger partial charge < -0.3 is 15.0 Å². The van der Waals surface area contributed by atoms with Crippen LogP contribution in [0.2, 0.25) is 0 Å². The van der Waals surface area contributed by atoms with Gasteiger partial charge in [0.2, 0.25) is 5.91 Å². The van der Waals surface area contributed by atoms with E-state index >= 15 is 0 Å². The molecule has 0 spiro atoms. The van der Waals surface area contributed by atoms with Crippen LogP contribution in [0.25, 0.3) is 0 Å². The van der Waals surface area contributed by atoms with Crippen molar-refractivity contribution in [3.63, 3.8) is 0 Å². The molecule has 0 saturated heterocycles. The molecule has 0 aromatic heterocycles. The molecule has 1 aliphatic rings. The Morgan fingerprint density at radius 3 is 2.03 bits per heavy atom. The van der Waals surface area contributed by atoms with Gasteiger partial charge >= 0.3 is 0 Å². The van der Waals surface area contributed by atoms with E-state index in [1.54, 1.807) is 0 Å². The molecule has 4 nitrogen and oxygen atoms in total. The normalized spacial score (nSPS) is 14.5. The molecule has 1 rings (SSSR count). The fourth-order valence-electron chi connectivity index (χ4n) is 4.84. The van der Waals surface area contributed by atoms with Gasteiger partial charge in [-0.2, -0.15) is 0 Å². The molecule has 194 valence electrons. The van der Waals surface area contributed by atoms with Gasteiger partial charge in [-0.15, -0.1) is 0 Å². The highest BCUT2D eigenvalue weighted by Crippen LogP contribution is 2.27. The molecule has 1 unspecified atom stereocenters. The zero-order valence-electron chi connectivity index (χ0n) is 22.3. The van der Waals surface area contributed by atoms with Crippen molar-refractivity contribution in [1.82, 2.24) is 10.2 Å². The Morgan fingerprint density at radius 1 is 0.818 bits per heavy atom. The Bertz CT molecular complexity index is 465. The van der Waals surface area contributed by atoms with Crippen molar-refractivity contribution in [3.8, 4) is 0 Å². The fourth-order valence-corrected chi connectivity index (χ4v) is 4.84. The lowest BCUT2D eigenvalue weighted by molar-refractivity contribution is -0.121. The molecule has 0 radical (unpaired) electrons. The Morgan fingerprint density at radius 2 is 1.39 bits per heavy atom. The van der Waals surface area contributed by atoms with E-state index in [9.17, 15) is 9.59 Å². The second-order valence-electron chi connectivity index (χ2n) is 10.5. The van der Waals surface area contributed by atoms with E-state index in [-0.39, 0.29) is 5.91 Å². The minimum absolute atomic E-state index is 0.251. The molecule has 4 heteroatoms. The van der Waals surface area contributed by atoms with E-state index in [2.05, 4.69) is 24.1 Å². The minimum atomic E-state index is 0.251. The summed E-state index contributed by atoms with van der Waals surface area (Å²) < 4.78 is 0. The lowest BCUT2D eigenvalue weighted by Gasteiger charge is -2.21. The maximum atomic E-state index is 12.4. The van der Waals surface area contributed by atoms with Crippen LogP contribution in [0.5, 0.6) is 0 Å². The molecule has 33 heavy (non-hydrogen) atoms. The maximum absolute atomic E-state index is 12.4. The van der Waals surface area contributed by atoms with Crippen LogP contribution in [0.1, 0.15) is 142 Å². The first-order valence-electron chi connectivity index (χ1n) is 14.7. The average Bonchev–Trinajstić information content (AvgIpc) is 3.66. The smallest absolute Gasteiger partial charge is 0.220 e. The molecular formula is C29H56N2O2. The standard InChI is InChI=1S/C29H56N2O2/c1-3-5-7-9-10-13-19-27(18-12-8-6-4-2)26-30-29(33)20-14-11-15-23-31(28-21-22-28)24-16-17-25-32/h25,27-28H,3-24,26H2,1-2H3,(H,30,33). The second-order valence-corrected chi connectivity index (χ2v) is 10.5. The number of carbonyl (C=O) groups excluding carboxylic acids is 2. The van der Waals surface area contributed by atoms with Crippen molar-refractivity contribution < 1.29 is 9.59 Å². The minimum Gasteiger partial charge on any atom is -0.356 e. The number of hydrogen-bond donors (Lipinski definition) is 1. The summed E-state index contributed by atoms with van der Waals surface area (Å²) in [5, 5.41) is 3.26. The molecule has 0 aliphatic heterocycles. The lowest BCUT2D eigenvalue weighted by Crippen LogP contribution is -2.29.